The first-order valence-electron chi connectivity index (χ1n) is 4.90. The second-order valence-electron chi connectivity index (χ2n) is 3.08. The van der Waals surface area contributed by atoms with Gasteiger partial charge < -0.3 is 9.47 Å². The van der Waals surface area contributed by atoms with Crippen LogP contribution in [-0.2, 0) is 4.74 Å². The summed E-state index contributed by atoms with van der Waals surface area (Å²) in [4.78, 5) is 22.4. The lowest BCUT2D eigenvalue weighted by atomic mass is 10.1. The van der Waals surface area contributed by atoms with Gasteiger partial charge in [-0.25, -0.2) is 4.79 Å². The molecule has 18 heavy (non-hydrogen) atoms. The first-order valence-corrected chi connectivity index (χ1v) is 5.69. The molecule has 0 unspecified atom stereocenters. The smallest absolute Gasteiger partial charge is 0.387 e. The first kappa shape index (κ1) is 14.6. The first-order chi connectivity index (χ1) is 8.49. The van der Waals surface area contributed by atoms with Crippen LogP contribution in [0.25, 0.3) is 0 Å². The van der Waals surface area contributed by atoms with E-state index in [2.05, 4.69) is 20.7 Å². The van der Waals surface area contributed by atoms with Crippen molar-refractivity contribution >= 4 is 28.2 Å². The van der Waals surface area contributed by atoms with Crippen LogP contribution in [0.2, 0.25) is 0 Å². The molecule has 7 heteroatoms. The molecule has 0 amide bonds. The summed E-state index contributed by atoms with van der Waals surface area (Å²) in [6, 6.07) is 2.22. The van der Waals surface area contributed by atoms with Crippen LogP contribution in [-0.4, -0.2) is 25.5 Å². The van der Waals surface area contributed by atoms with E-state index in [-0.39, 0.29) is 28.0 Å². The standard InChI is InChI=1S/C11H9BrF2O4/c1-2-17-10(16)7-3-6(18-11(13)14)4-9(12)8(7)5-15/h3-5,11H,2H2,1H3. The maximum absolute atomic E-state index is 12.1. The van der Waals surface area contributed by atoms with E-state index >= 15 is 0 Å². The summed E-state index contributed by atoms with van der Waals surface area (Å²) in [5.74, 6) is -1.01. The van der Waals surface area contributed by atoms with Crippen molar-refractivity contribution in [3.8, 4) is 5.75 Å². The number of hydrogen-bond acceptors (Lipinski definition) is 4. The van der Waals surface area contributed by atoms with Gasteiger partial charge in [0.2, 0.25) is 0 Å². The fourth-order valence-corrected chi connectivity index (χ4v) is 1.79. The summed E-state index contributed by atoms with van der Waals surface area (Å²) in [7, 11) is 0. The summed E-state index contributed by atoms with van der Waals surface area (Å²) >= 11 is 3.00. The minimum Gasteiger partial charge on any atom is -0.462 e. The monoisotopic (exact) mass is 322 g/mol. The number of ether oxygens (including phenoxy) is 2. The van der Waals surface area contributed by atoms with Crippen molar-refractivity contribution in [2.75, 3.05) is 6.61 Å². The number of halogens is 3. The zero-order valence-corrected chi connectivity index (χ0v) is 10.9. The number of benzene rings is 1. The second-order valence-corrected chi connectivity index (χ2v) is 3.94. The van der Waals surface area contributed by atoms with Gasteiger partial charge in [-0.2, -0.15) is 8.78 Å². The largest absolute Gasteiger partial charge is 0.462 e. The molecule has 1 aromatic carbocycles. The Morgan fingerprint density at radius 2 is 2.17 bits per heavy atom. The molecule has 1 aromatic rings. The Hall–Kier alpha value is -1.50. The van der Waals surface area contributed by atoms with E-state index in [1.54, 1.807) is 6.92 Å². The predicted octanol–water partition coefficient (Wildman–Crippen LogP) is 3.04. The molecule has 0 aliphatic carbocycles. The minimum atomic E-state index is -3.02. The lowest BCUT2D eigenvalue weighted by Gasteiger charge is -2.10. The minimum absolute atomic E-state index is 0.0232. The van der Waals surface area contributed by atoms with E-state index in [4.69, 9.17) is 4.74 Å². The van der Waals surface area contributed by atoms with E-state index in [0.29, 0.717) is 6.29 Å². The fraction of sp³-hybridized carbons (Fsp3) is 0.273. The van der Waals surface area contributed by atoms with Crippen molar-refractivity contribution in [1.29, 1.82) is 0 Å². The summed E-state index contributed by atoms with van der Waals surface area (Å²) < 4.78 is 33.3. The molecule has 0 aliphatic heterocycles. The maximum Gasteiger partial charge on any atom is 0.387 e. The van der Waals surface area contributed by atoms with Gasteiger partial charge in [0, 0.05) is 10.0 Å². The Morgan fingerprint density at radius 1 is 1.50 bits per heavy atom. The van der Waals surface area contributed by atoms with Crippen LogP contribution in [0.4, 0.5) is 8.78 Å². The zero-order valence-electron chi connectivity index (χ0n) is 9.28. The number of rotatable bonds is 5. The van der Waals surface area contributed by atoms with E-state index in [9.17, 15) is 18.4 Å². The summed E-state index contributed by atoms with van der Waals surface area (Å²) in [6.07, 6.45) is 0.433. The maximum atomic E-state index is 12.1. The van der Waals surface area contributed by atoms with E-state index in [1.807, 2.05) is 0 Å². The van der Waals surface area contributed by atoms with Gasteiger partial charge >= 0.3 is 12.6 Å². The van der Waals surface area contributed by atoms with Gasteiger partial charge in [-0.15, -0.1) is 0 Å². The topological polar surface area (TPSA) is 52.6 Å². The van der Waals surface area contributed by atoms with Gasteiger partial charge in [0.1, 0.15) is 5.75 Å². The molecule has 4 nitrogen and oxygen atoms in total. The van der Waals surface area contributed by atoms with Crippen molar-refractivity contribution in [2.24, 2.45) is 0 Å². The third-order valence-electron chi connectivity index (χ3n) is 1.94. The number of alkyl halides is 2. The Bertz CT molecular complexity index is 463. The molecular formula is C11H9BrF2O4. The number of esters is 1. The molecule has 0 bridgehead atoms. The van der Waals surface area contributed by atoms with E-state index in [1.165, 1.54) is 6.07 Å². The lowest BCUT2D eigenvalue weighted by molar-refractivity contribution is -0.0499. The van der Waals surface area contributed by atoms with Gasteiger partial charge in [0.25, 0.3) is 0 Å². The molecule has 1 rings (SSSR count). The fourth-order valence-electron chi connectivity index (χ4n) is 1.26. The van der Waals surface area contributed by atoms with Crippen LogP contribution >= 0.6 is 15.9 Å². The Morgan fingerprint density at radius 3 is 2.67 bits per heavy atom. The Labute approximate surface area is 110 Å². The molecule has 0 spiro atoms. The molecule has 0 saturated carbocycles. The highest BCUT2D eigenvalue weighted by atomic mass is 79.9. The highest BCUT2D eigenvalue weighted by Crippen LogP contribution is 2.27. The number of carbonyl (C=O) groups is 2. The highest BCUT2D eigenvalue weighted by Gasteiger charge is 2.18. The highest BCUT2D eigenvalue weighted by molar-refractivity contribution is 9.10. The van der Waals surface area contributed by atoms with Gasteiger partial charge in [0.05, 0.1) is 12.2 Å². The molecule has 0 aliphatic rings. The van der Waals surface area contributed by atoms with Crippen molar-refractivity contribution in [2.45, 2.75) is 13.5 Å². The molecular weight excluding hydrogens is 314 g/mol. The zero-order chi connectivity index (χ0) is 13.7. The van der Waals surface area contributed by atoms with Gasteiger partial charge in [0.15, 0.2) is 6.29 Å². The molecule has 0 radical (unpaired) electrons. The third kappa shape index (κ3) is 3.49. The SMILES string of the molecule is CCOC(=O)c1cc(OC(F)F)cc(Br)c1C=O. The number of hydrogen-bond donors (Lipinski definition) is 0. The summed E-state index contributed by atoms with van der Waals surface area (Å²) in [5.41, 5.74) is -0.105. The van der Waals surface area contributed by atoms with Crippen LogP contribution in [0.5, 0.6) is 5.75 Å². The molecule has 0 fully saturated rings. The van der Waals surface area contributed by atoms with Gasteiger partial charge in [-0.05, 0) is 35.0 Å². The molecule has 0 N–H and O–H groups in total. The van der Waals surface area contributed by atoms with E-state index < -0.39 is 12.6 Å². The van der Waals surface area contributed by atoms with Crippen molar-refractivity contribution < 1.29 is 27.8 Å². The van der Waals surface area contributed by atoms with Crippen molar-refractivity contribution in [3.63, 3.8) is 0 Å². The van der Waals surface area contributed by atoms with Gasteiger partial charge in [-0.1, -0.05) is 0 Å². The molecule has 98 valence electrons. The number of carbonyl (C=O) groups excluding carboxylic acids is 2. The number of aldehydes is 1. The van der Waals surface area contributed by atoms with Crippen LogP contribution in [0.15, 0.2) is 16.6 Å². The third-order valence-corrected chi connectivity index (χ3v) is 2.60. The quantitative estimate of drug-likeness (QED) is 0.617. The Kier molecular flexibility index (Phi) is 5.21. The second kappa shape index (κ2) is 6.44. The van der Waals surface area contributed by atoms with Crippen molar-refractivity contribution in [1.82, 2.24) is 0 Å². The summed E-state index contributed by atoms with van der Waals surface area (Å²) in [6.45, 7) is -1.32. The van der Waals surface area contributed by atoms with Crippen LogP contribution < -0.4 is 4.74 Å². The lowest BCUT2D eigenvalue weighted by Crippen LogP contribution is -2.10. The van der Waals surface area contributed by atoms with Crippen LogP contribution in [0.1, 0.15) is 27.6 Å². The Balaban J connectivity index is 3.23. The molecule has 0 heterocycles. The van der Waals surface area contributed by atoms with Crippen molar-refractivity contribution in [3.05, 3.63) is 27.7 Å². The average molecular weight is 323 g/mol. The molecule has 0 aromatic heterocycles. The van der Waals surface area contributed by atoms with Crippen LogP contribution in [0.3, 0.4) is 0 Å². The summed E-state index contributed by atoms with van der Waals surface area (Å²) in [5, 5.41) is 0. The van der Waals surface area contributed by atoms with Gasteiger partial charge in [-0.3, -0.25) is 4.79 Å². The average Bonchev–Trinajstić information content (AvgIpc) is 2.27. The van der Waals surface area contributed by atoms with E-state index in [0.717, 1.165) is 6.07 Å². The normalized spacial score (nSPS) is 10.3. The molecule has 0 atom stereocenters. The predicted molar refractivity (Wildman–Crippen MR) is 62.1 cm³/mol. The van der Waals surface area contributed by atoms with Crippen LogP contribution in [0, 0.1) is 0 Å². The molecule has 0 saturated heterocycles.